The van der Waals surface area contributed by atoms with Gasteiger partial charge >= 0.3 is 0 Å². The number of ether oxygens (including phenoxy) is 1. The minimum atomic E-state index is -0.176. The smallest absolute Gasteiger partial charge is 0.257 e. The predicted molar refractivity (Wildman–Crippen MR) is 112 cm³/mol. The lowest BCUT2D eigenvalue weighted by molar-refractivity contribution is -0.123. The van der Waals surface area contributed by atoms with Gasteiger partial charge in [0.05, 0.1) is 0 Å². The molecule has 5 heteroatoms. The van der Waals surface area contributed by atoms with E-state index in [1.807, 2.05) is 24.3 Å². The topological polar surface area (TPSA) is 67.4 Å². The number of benzene rings is 2. The molecule has 2 aromatic rings. The van der Waals surface area contributed by atoms with Crippen LogP contribution in [0.4, 0.5) is 0 Å². The van der Waals surface area contributed by atoms with Gasteiger partial charge in [-0.3, -0.25) is 9.59 Å². The lowest BCUT2D eigenvalue weighted by atomic mass is 9.86. The van der Waals surface area contributed by atoms with Crippen molar-refractivity contribution in [1.29, 1.82) is 0 Å². The van der Waals surface area contributed by atoms with Crippen molar-refractivity contribution in [3.05, 3.63) is 54.1 Å². The molecule has 0 atom stereocenters. The van der Waals surface area contributed by atoms with E-state index in [9.17, 15) is 9.59 Å². The molecule has 5 nitrogen and oxygen atoms in total. The lowest BCUT2D eigenvalue weighted by Crippen LogP contribution is -2.32. The highest BCUT2D eigenvalue weighted by Crippen LogP contribution is 2.27. The maximum absolute atomic E-state index is 11.8. The zero-order valence-electron chi connectivity index (χ0n) is 17.2. The number of amides is 2. The van der Waals surface area contributed by atoms with Gasteiger partial charge in [-0.2, -0.15) is 0 Å². The van der Waals surface area contributed by atoms with Crippen LogP contribution in [0.5, 0.6) is 5.75 Å². The van der Waals surface area contributed by atoms with E-state index in [2.05, 4.69) is 55.7 Å². The number of hydrogen-bond acceptors (Lipinski definition) is 3. The van der Waals surface area contributed by atoms with E-state index >= 15 is 0 Å². The van der Waals surface area contributed by atoms with Gasteiger partial charge in [0, 0.05) is 20.0 Å². The molecule has 0 fully saturated rings. The normalized spacial score (nSPS) is 11.0. The van der Waals surface area contributed by atoms with Crippen molar-refractivity contribution >= 4 is 11.8 Å². The lowest BCUT2D eigenvalue weighted by Gasteiger charge is -2.19. The summed E-state index contributed by atoms with van der Waals surface area (Å²) in [6.45, 7) is 9.10. The second-order valence-corrected chi connectivity index (χ2v) is 7.83. The third-order valence-electron chi connectivity index (χ3n) is 4.36. The first-order valence-electron chi connectivity index (χ1n) is 9.60. The van der Waals surface area contributed by atoms with Crippen LogP contribution in [-0.2, 0) is 15.0 Å². The number of carbonyl (C=O) groups excluding carboxylic acids is 2. The van der Waals surface area contributed by atoms with Gasteiger partial charge in [-0.15, -0.1) is 0 Å². The third kappa shape index (κ3) is 7.06. The molecule has 0 saturated carbocycles. The van der Waals surface area contributed by atoms with E-state index in [1.54, 1.807) is 0 Å². The van der Waals surface area contributed by atoms with Crippen LogP contribution in [-0.4, -0.2) is 31.5 Å². The van der Waals surface area contributed by atoms with Crippen LogP contribution in [0.2, 0.25) is 0 Å². The summed E-state index contributed by atoms with van der Waals surface area (Å²) in [6.07, 6.45) is 0.689. The summed E-state index contributed by atoms with van der Waals surface area (Å²) in [7, 11) is 0. The molecule has 2 amide bonds. The molecular formula is C23H30N2O3. The summed E-state index contributed by atoms with van der Waals surface area (Å²) in [5.41, 5.74) is 3.70. The first-order valence-corrected chi connectivity index (χ1v) is 9.60. The van der Waals surface area contributed by atoms with E-state index in [4.69, 9.17) is 4.74 Å². The average Bonchev–Trinajstić information content (AvgIpc) is 2.66. The van der Waals surface area contributed by atoms with Crippen molar-refractivity contribution in [1.82, 2.24) is 10.6 Å². The molecule has 2 N–H and O–H groups in total. The zero-order chi connectivity index (χ0) is 20.6. The Morgan fingerprint density at radius 3 is 1.93 bits per heavy atom. The van der Waals surface area contributed by atoms with E-state index in [0.29, 0.717) is 25.3 Å². The molecule has 0 aliphatic heterocycles. The molecule has 0 saturated heterocycles. The predicted octanol–water partition coefficient (Wildman–Crippen LogP) is 3.67. The third-order valence-corrected chi connectivity index (χ3v) is 4.36. The molecule has 28 heavy (non-hydrogen) atoms. The Labute approximate surface area is 167 Å². The summed E-state index contributed by atoms with van der Waals surface area (Å²) in [5, 5.41) is 5.45. The van der Waals surface area contributed by atoms with Gasteiger partial charge in [0.1, 0.15) is 5.75 Å². The maximum atomic E-state index is 11.8. The van der Waals surface area contributed by atoms with Gasteiger partial charge in [-0.05, 0) is 40.7 Å². The molecule has 2 rings (SSSR count). The molecule has 0 bridgehead atoms. The van der Waals surface area contributed by atoms with Crippen molar-refractivity contribution in [2.75, 3.05) is 19.7 Å². The number of carbonyl (C=O) groups is 2. The molecule has 0 heterocycles. The van der Waals surface area contributed by atoms with E-state index in [-0.39, 0.29) is 23.8 Å². The van der Waals surface area contributed by atoms with Crippen molar-refractivity contribution < 1.29 is 14.3 Å². The van der Waals surface area contributed by atoms with Gasteiger partial charge in [-0.1, -0.05) is 57.2 Å². The molecule has 150 valence electrons. The van der Waals surface area contributed by atoms with Crippen molar-refractivity contribution in [2.24, 2.45) is 0 Å². The highest BCUT2D eigenvalue weighted by Gasteiger charge is 2.13. The molecule has 2 aromatic carbocycles. The van der Waals surface area contributed by atoms with E-state index in [1.165, 1.54) is 12.5 Å². The molecular weight excluding hydrogens is 352 g/mol. The molecule has 0 spiro atoms. The Morgan fingerprint density at radius 2 is 1.39 bits per heavy atom. The van der Waals surface area contributed by atoms with Crippen LogP contribution in [0.3, 0.4) is 0 Å². The number of nitrogens with one attached hydrogen (secondary N) is 2. The summed E-state index contributed by atoms with van der Waals surface area (Å²) >= 11 is 0. The summed E-state index contributed by atoms with van der Waals surface area (Å²) < 4.78 is 5.54. The molecule has 0 radical (unpaired) electrons. The zero-order valence-corrected chi connectivity index (χ0v) is 17.2. The average molecular weight is 383 g/mol. The van der Waals surface area contributed by atoms with E-state index < -0.39 is 0 Å². The standard InChI is InChI=1S/C23H30N2O3/c1-17(26)24-14-5-15-25-22(27)16-28-21-12-8-19(9-13-21)18-6-10-20(11-7-18)23(2,3)4/h6-13H,5,14-16H2,1-4H3,(H,24,26)(H,25,27). The molecule has 0 unspecified atom stereocenters. The summed E-state index contributed by atoms with van der Waals surface area (Å²) in [5.74, 6) is 0.413. The van der Waals surface area contributed by atoms with Gasteiger partial charge in [0.15, 0.2) is 6.61 Å². The first-order chi connectivity index (χ1) is 13.3. The van der Waals surface area contributed by atoms with Crippen LogP contribution in [0, 0.1) is 0 Å². The Balaban J connectivity index is 1.79. The second-order valence-electron chi connectivity index (χ2n) is 7.83. The molecule has 0 aliphatic rings. The second kappa shape index (κ2) is 9.93. The van der Waals surface area contributed by atoms with Gasteiger partial charge in [-0.25, -0.2) is 0 Å². The Kier molecular flexibility index (Phi) is 7.61. The highest BCUT2D eigenvalue weighted by atomic mass is 16.5. The minimum Gasteiger partial charge on any atom is -0.484 e. The summed E-state index contributed by atoms with van der Waals surface area (Å²) in [4.78, 5) is 22.5. The Bertz CT molecular complexity index is 775. The maximum Gasteiger partial charge on any atom is 0.257 e. The Morgan fingerprint density at radius 1 is 0.857 bits per heavy atom. The summed E-state index contributed by atoms with van der Waals surface area (Å²) in [6, 6.07) is 16.3. The molecule has 0 aromatic heterocycles. The van der Waals surface area contributed by atoms with Crippen molar-refractivity contribution in [3.63, 3.8) is 0 Å². The van der Waals surface area contributed by atoms with Crippen LogP contribution in [0.25, 0.3) is 11.1 Å². The fourth-order valence-corrected chi connectivity index (χ4v) is 2.69. The number of hydrogen-bond donors (Lipinski definition) is 2. The van der Waals surface area contributed by atoms with E-state index in [0.717, 1.165) is 11.1 Å². The van der Waals surface area contributed by atoms with Crippen LogP contribution >= 0.6 is 0 Å². The van der Waals surface area contributed by atoms with Gasteiger partial charge in [0.2, 0.25) is 5.91 Å². The SMILES string of the molecule is CC(=O)NCCCNC(=O)COc1ccc(-c2ccc(C(C)(C)C)cc2)cc1. The van der Waals surface area contributed by atoms with Crippen LogP contribution in [0.1, 0.15) is 39.7 Å². The van der Waals surface area contributed by atoms with Crippen molar-refractivity contribution in [2.45, 2.75) is 39.5 Å². The van der Waals surface area contributed by atoms with Crippen molar-refractivity contribution in [3.8, 4) is 16.9 Å². The quantitative estimate of drug-likeness (QED) is 0.685. The highest BCUT2D eigenvalue weighted by molar-refractivity contribution is 5.77. The van der Waals surface area contributed by atoms with Gasteiger partial charge in [0.25, 0.3) is 5.91 Å². The minimum absolute atomic E-state index is 0.0280. The van der Waals surface area contributed by atoms with Crippen LogP contribution < -0.4 is 15.4 Å². The Hall–Kier alpha value is -2.82. The van der Waals surface area contributed by atoms with Gasteiger partial charge < -0.3 is 15.4 Å². The fourth-order valence-electron chi connectivity index (χ4n) is 2.69. The fraction of sp³-hybridized carbons (Fsp3) is 0.391. The number of rotatable bonds is 8. The monoisotopic (exact) mass is 382 g/mol. The first kappa shape index (κ1) is 21.5. The molecule has 0 aliphatic carbocycles. The largest absolute Gasteiger partial charge is 0.484 e. The van der Waals surface area contributed by atoms with Crippen LogP contribution in [0.15, 0.2) is 48.5 Å².